The minimum absolute atomic E-state index is 0.228. The van der Waals surface area contributed by atoms with Gasteiger partial charge in [0.15, 0.2) is 0 Å². The fourth-order valence-electron chi connectivity index (χ4n) is 2.36. The van der Waals surface area contributed by atoms with Crippen molar-refractivity contribution in [1.29, 1.82) is 0 Å². The van der Waals surface area contributed by atoms with Crippen LogP contribution in [-0.4, -0.2) is 22.8 Å². The van der Waals surface area contributed by atoms with E-state index >= 15 is 0 Å². The monoisotopic (exact) mass is 340 g/mol. The van der Waals surface area contributed by atoms with Gasteiger partial charge in [0.25, 0.3) is 5.91 Å². The molecule has 6 heteroatoms. The van der Waals surface area contributed by atoms with Gasteiger partial charge in [0, 0.05) is 17.4 Å². The molecule has 6 nitrogen and oxygen atoms in total. The van der Waals surface area contributed by atoms with E-state index in [9.17, 15) is 9.59 Å². The highest BCUT2D eigenvalue weighted by atomic mass is 16.2. The number of carbonyl (C=O) groups excluding carboxylic acids is 2. The van der Waals surface area contributed by atoms with Gasteiger partial charge in [-0.25, -0.2) is 0 Å². The molecule has 0 unspecified atom stereocenters. The zero-order valence-corrected chi connectivity index (χ0v) is 14.5. The molecule has 132 valence electrons. The zero-order chi connectivity index (χ0) is 18.2. The fraction of sp³-hybridized carbons (Fsp3) is 0.316. The number of amides is 2. The molecular weight excluding hydrogens is 316 g/mol. The highest BCUT2D eigenvalue weighted by Gasteiger charge is 2.15. The molecule has 2 amide bonds. The Morgan fingerprint density at radius 1 is 1.16 bits per heavy atom. The van der Waals surface area contributed by atoms with Gasteiger partial charge in [0.2, 0.25) is 5.91 Å². The maximum atomic E-state index is 12.3. The summed E-state index contributed by atoms with van der Waals surface area (Å²) in [4.78, 5) is 28.5. The van der Waals surface area contributed by atoms with Crippen molar-refractivity contribution in [2.75, 3.05) is 5.32 Å². The lowest BCUT2D eigenvalue weighted by Gasteiger charge is -2.14. The Bertz CT molecular complexity index is 716. The molecule has 0 aliphatic heterocycles. The van der Waals surface area contributed by atoms with Crippen molar-refractivity contribution in [2.45, 2.75) is 32.9 Å². The first-order valence-electron chi connectivity index (χ1n) is 8.30. The van der Waals surface area contributed by atoms with Gasteiger partial charge < -0.3 is 16.4 Å². The van der Waals surface area contributed by atoms with Crippen molar-refractivity contribution in [2.24, 2.45) is 11.7 Å². The van der Waals surface area contributed by atoms with Crippen LogP contribution in [0.25, 0.3) is 0 Å². The normalized spacial score (nSPS) is 11.8. The summed E-state index contributed by atoms with van der Waals surface area (Å²) >= 11 is 0. The molecule has 0 bridgehead atoms. The average molecular weight is 340 g/mol. The Labute approximate surface area is 147 Å². The van der Waals surface area contributed by atoms with Crippen LogP contribution in [0.1, 0.15) is 36.3 Å². The molecule has 0 saturated carbocycles. The van der Waals surface area contributed by atoms with Crippen LogP contribution in [0, 0.1) is 5.92 Å². The Hall–Kier alpha value is -2.73. The highest BCUT2D eigenvalue weighted by Crippen LogP contribution is 2.12. The van der Waals surface area contributed by atoms with Gasteiger partial charge >= 0.3 is 0 Å². The van der Waals surface area contributed by atoms with E-state index in [0.29, 0.717) is 30.1 Å². The van der Waals surface area contributed by atoms with E-state index in [1.54, 1.807) is 30.5 Å². The minimum Gasteiger partial charge on any atom is -0.346 e. The van der Waals surface area contributed by atoms with Crippen molar-refractivity contribution in [3.8, 4) is 0 Å². The van der Waals surface area contributed by atoms with Gasteiger partial charge in [-0.05, 0) is 42.7 Å². The Balaban J connectivity index is 1.95. The lowest BCUT2D eigenvalue weighted by atomic mass is 10.0. The molecular formula is C19H24N4O2. The summed E-state index contributed by atoms with van der Waals surface area (Å²) in [7, 11) is 0. The van der Waals surface area contributed by atoms with E-state index in [-0.39, 0.29) is 11.8 Å². The number of nitrogens with one attached hydrogen (secondary N) is 2. The lowest BCUT2D eigenvalue weighted by Crippen LogP contribution is -2.36. The second kappa shape index (κ2) is 8.94. The molecule has 25 heavy (non-hydrogen) atoms. The Morgan fingerprint density at radius 3 is 2.64 bits per heavy atom. The largest absolute Gasteiger partial charge is 0.346 e. The van der Waals surface area contributed by atoms with E-state index in [0.717, 1.165) is 5.69 Å². The van der Waals surface area contributed by atoms with Gasteiger partial charge in [-0.1, -0.05) is 26.0 Å². The number of pyridine rings is 1. The Morgan fingerprint density at radius 2 is 1.96 bits per heavy atom. The number of rotatable bonds is 7. The van der Waals surface area contributed by atoms with Crippen LogP contribution in [-0.2, 0) is 11.3 Å². The van der Waals surface area contributed by atoms with Crippen LogP contribution in [0.15, 0.2) is 48.7 Å². The number of hydrogen-bond donors (Lipinski definition) is 3. The molecule has 0 aliphatic carbocycles. The van der Waals surface area contributed by atoms with Crippen LogP contribution >= 0.6 is 0 Å². The van der Waals surface area contributed by atoms with E-state index in [4.69, 9.17) is 5.73 Å². The third-order valence-corrected chi connectivity index (χ3v) is 3.61. The lowest BCUT2D eigenvalue weighted by molar-refractivity contribution is -0.117. The molecule has 1 atom stereocenters. The van der Waals surface area contributed by atoms with E-state index in [1.165, 1.54) is 0 Å². The van der Waals surface area contributed by atoms with Gasteiger partial charge in [-0.15, -0.1) is 0 Å². The third kappa shape index (κ3) is 6.00. The highest BCUT2D eigenvalue weighted by molar-refractivity contribution is 5.98. The number of benzene rings is 1. The first kappa shape index (κ1) is 18.6. The Kier molecular flexibility index (Phi) is 6.65. The number of hydrogen-bond acceptors (Lipinski definition) is 4. The van der Waals surface area contributed by atoms with Gasteiger partial charge in [0.05, 0.1) is 18.3 Å². The standard InChI is InChI=1S/C19H24N4O2/c1-13(2)10-17(20)19(25)23-15-8-5-6-14(11-15)18(24)22-12-16-7-3-4-9-21-16/h3-9,11,13,17H,10,12,20H2,1-2H3,(H,22,24)(H,23,25)/t17-/m0/s1. The molecule has 1 aromatic heterocycles. The van der Waals surface area contributed by atoms with Crippen molar-refractivity contribution in [3.05, 3.63) is 59.9 Å². The van der Waals surface area contributed by atoms with E-state index in [1.807, 2.05) is 32.0 Å². The molecule has 1 aromatic carbocycles. The molecule has 2 aromatic rings. The maximum absolute atomic E-state index is 12.3. The number of carbonyl (C=O) groups is 2. The van der Waals surface area contributed by atoms with Crippen LogP contribution in [0.3, 0.4) is 0 Å². The molecule has 4 N–H and O–H groups in total. The topological polar surface area (TPSA) is 97.1 Å². The fourth-order valence-corrected chi connectivity index (χ4v) is 2.36. The van der Waals surface area contributed by atoms with Crippen molar-refractivity contribution < 1.29 is 9.59 Å². The summed E-state index contributed by atoms with van der Waals surface area (Å²) in [5.41, 5.74) is 7.67. The van der Waals surface area contributed by atoms with Crippen molar-refractivity contribution in [1.82, 2.24) is 10.3 Å². The molecule has 2 rings (SSSR count). The predicted octanol–water partition coefficient (Wildman–Crippen LogP) is 2.32. The van der Waals surface area contributed by atoms with Crippen molar-refractivity contribution in [3.63, 3.8) is 0 Å². The molecule has 0 spiro atoms. The van der Waals surface area contributed by atoms with Gasteiger partial charge in [0.1, 0.15) is 0 Å². The summed E-state index contributed by atoms with van der Waals surface area (Å²) in [5.74, 6) is -0.141. The minimum atomic E-state index is -0.568. The maximum Gasteiger partial charge on any atom is 0.251 e. The summed E-state index contributed by atoms with van der Waals surface area (Å²) < 4.78 is 0. The molecule has 0 radical (unpaired) electrons. The predicted molar refractivity (Wildman–Crippen MR) is 97.9 cm³/mol. The smallest absolute Gasteiger partial charge is 0.251 e. The zero-order valence-electron chi connectivity index (χ0n) is 14.5. The van der Waals surface area contributed by atoms with Crippen LogP contribution in [0.2, 0.25) is 0 Å². The number of anilines is 1. The first-order chi connectivity index (χ1) is 12.0. The number of nitrogens with zero attached hydrogens (tertiary/aromatic N) is 1. The van der Waals surface area contributed by atoms with E-state index < -0.39 is 6.04 Å². The summed E-state index contributed by atoms with van der Waals surface area (Å²) in [6, 6.07) is 11.7. The SMILES string of the molecule is CC(C)C[C@H](N)C(=O)Nc1cccc(C(=O)NCc2ccccn2)c1. The summed E-state index contributed by atoms with van der Waals surface area (Å²) in [5, 5.41) is 5.57. The molecule has 0 aliphatic rings. The number of nitrogens with two attached hydrogens (primary N) is 1. The molecule has 0 saturated heterocycles. The van der Waals surface area contributed by atoms with Crippen molar-refractivity contribution >= 4 is 17.5 Å². The number of aromatic nitrogens is 1. The van der Waals surface area contributed by atoms with Gasteiger partial charge in [-0.2, -0.15) is 0 Å². The average Bonchev–Trinajstić information content (AvgIpc) is 2.60. The summed E-state index contributed by atoms with van der Waals surface area (Å²) in [6.07, 6.45) is 2.29. The van der Waals surface area contributed by atoms with Gasteiger partial charge in [-0.3, -0.25) is 14.6 Å². The second-order valence-corrected chi connectivity index (χ2v) is 6.31. The van der Waals surface area contributed by atoms with Crippen LogP contribution in [0.5, 0.6) is 0 Å². The molecule has 1 heterocycles. The summed E-state index contributed by atoms with van der Waals surface area (Å²) in [6.45, 7) is 4.37. The van der Waals surface area contributed by atoms with E-state index in [2.05, 4.69) is 15.6 Å². The quantitative estimate of drug-likeness (QED) is 0.720. The second-order valence-electron chi connectivity index (χ2n) is 6.31. The van der Waals surface area contributed by atoms with Crippen LogP contribution in [0.4, 0.5) is 5.69 Å². The third-order valence-electron chi connectivity index (χ3n) is 3.61. The van der Waals surface area contributed by atoms with Crippen LogP contribution < -0.4 is 16.4 Å². The molecule has 0 fully saturated rings. The first-order valence-corrected chi connectivity index (χ1v) is 8.30.